The van der Waals surface area contributed by atoms with Crippen molar-refractivity contribution in [2.75, 3.05) is 13.1 Å². The molecule has 0 aromatic heterocycles. The summed E-state index contributed by atoms with van der Waals surface area (Å²) in [5, 5.41) is 0. The van der Waals surface area contributed by atoms with Gasteiger partial charge in [0.1, 0.15) is 0 Å². The van der Waals surface area contributed by atoms with Crippen molar-refractivity contribution >= 4 is 0 Å². The summed E-state index contributed by atoms with van der Waals surface area (Å²) in [6, 6.07) is 19.4. The van der Waals surface area contributed by atoms with Crippen molar-refractivity contribution in [1.29, 1.82) is 0 Å². The molecular formula is C26H34F3N. The van der Waals surface area contributed by atoms with Crippen LogP contribution in [0.15, 0.2) is 54.6 Å². The average molecular weight is 418 g/mol. The summed E-state index contributed by atoms with van der Waals surface area (Å²) in [7, 11) is 0. The lowest BCUT2D eigenvalue weighted by molar-refractivity contribution is -0.172. The average Bonchev–Trinajstić information content (AvgIpc) is 3.25. The van der Waals surface area contributed by atoms with E-state index in [1.54, 1.807) is 0 Å². The summed E-state index contributed by atoms with van der Waals surface area (Å²) < 4.78 is 38.8. The fraction of sp³-hybridized carbons (Fsp3) is 0.538. The normalized spacial score (nSPS) is 20.6. The number of hydrogen-bond acceptors (Lipinski definition) is 1. The summed E-state index contributed by atoms with van der Waals surface area (Å²) in [5.41, 5.74) is 3.71. The van der Waals surface area contributed by atoms with Crippen LogP contribution in [-0.4, -0.2) is 30.2 Å². The molecule has 0 saturated heterocycles. The maximum atomic E-state index is 12.9. The SMILES string of the molecule is CCN(CCc1ccccc1)C(C)CCc1ccc(C2CCC(C(F)(F)F)C2)cc1. The highest BCUT2D eigenvalue weighted by Gasteiger charge is 2.44. The Morgan fingerprint density at radius 3 is 2.20 bits per heavy atom. The molecule has 1 aliphatic carbocycles. The van der Waals surface area contributed by atoms with Crippen molar-refractivity contribution in [2.24, 2.45) is 5.92 Å². The Labute approximate surface area is 179 Å². The second-order valence-electron chi connectivity index (χ2n) is 8.74. The minimum atomic E-state index is -4.05. The van der Waals surface area contributed by atoms with Gasteiger partial charge in [-0.05, 0) is 74.6 Å². The zero-order valence-corrected chi connectivity index (χ0v) is 18.2. The summed E-state index contributed by atoms with van der Waals surface area (Å²) in [6.45, 7) is 6.60. The molecule has 164 valence electrons. The Bertz CT molecular complexity index is 754. The zero-order chi connectivity index (χ0) is 21.6. The Hall–Kier alpha value is -1.81. The van der Waals surface area contributed by atoms with E-state index in [9.17, 15) is 13.2 Å². The quantitative estimate of drug-likeness (QED) is 0.424. The summed E-state index contributed by atoms with van der Waals surface area (Å²) in [5.74, 6) is -1.07. The number of hydrogen-bond donors (Lipinski definition) is 0. The first-order chi connectivity index (χ1) is 14.4. The summed E-state index contributed by atoms with van der Waals surface area (Å²) in [4.78, 5) is 2.52. The van der Waals surface area contributed by atoms with Crippen LogP contribution in [0.3, 0.4) is 0 Å². The number of alkyl halides is 3. The molecule has 1 aliphatic rings. The lowest BCUT2D eigenvalue weighted by atomic mass is 9.94. The molecule has 2 aromatic rings. The molecule has 30 heavy (non-hydrogen) atoms. The number of halogens is 3. The van der Waals surface area contributed by atoms with Gasteiger partial charge in [-0.15, -0.1) is 0 Å². The molecule has 0 amide bonds. The lowest BCUT2D eigenvalue weighted by Crippen LogP contribution is -2.35. The van der Waals surface area contributed by atoms with E-state index in [-0.39, 0.29) is 18.8 Å². The number of likely N-dealkylation sites (N-methyl/N-ethyl adjacent to an activating group) is 1. The Morgan fingerprint density at radius 2 is 1.60 bits per heavy atom. The molecule has 0 bridgehead atoms. The standard InChI is InChI=1S/C26H34F3N/c1-3-30(18-17-21-7-5-4-6-8-21)20(2)9-10-22-11-13-23(14-12-22)24-15-16-25(19-24)26(27,28)29/h4-8,11-14,20,24-25H,3,9-10,15-19H2,1-2H3. The van der Waals surface area contributed by atoms with E-state index in [0.717, 1.165) is 37.9 Å². The van der Waals surface area contributed by atoms with Crippen LogP contribution in [0.1, 0.15) is 62.1 Å². The van der Waals surface area contributed by atoms with Gasteiger partial charge in [0.25, 0.3) is 0 Å². The first-order valence-corrected chi connectivity index (χ1v) is 11.3. The molecule has 1 nitrogen and oxygen atoms in total. The molecule has 3 rings (SSSR count). The molecule has 1 fully saturated rings. The molecule has 0 radical (unpaired) electrons. The third-order valence-electron chi connectivity index (χ3n) is 6.76. The van der Waals surface area contributed by atoms with Crippen molar-refractivity contribution in [3.05, 3.63) is 71.3 Å². The van der Waals surface area contributed by atoms with Crippen molar-refractivity contribution in [3.63, 3.8) is 0 Å². The minimum Gasteiger partial charge on any atom is -0.301 e. The van der Waals surface area contributed by atoms with Crippen molar-refractivity contribution in [2.45, 2.75) is 70.5 Å². The third kappa shape index (κ3) is 6.34. The largest absolute Gasteiger partial charge is 0.391 e. The molecule has 2 aromatic carbocycles. The molecule has 4 heteroatoms. The molecule has 3 atom stereocenters. The van der Waals surface area contributed by atoms with Crippen molar-refractivity contribution in [3.8, 4) is 0 Å². The maximum absolute atomic E-state index is 12.9. The third-order valence-corrected chi connectivity index (χ3v) is 6.76. The van der Waals surface area contributed by atoms with Crippen LogP contribution in [0, 0.1) is 5.92 Å². The summed E-state index contributed by atoms with van der Waals surface area (Å²) >= 11 is 0. The molecule has 0 aliphatic heterocycles. The fourth-order valence-electron chi connectivity index (χ4n) is 4.70. The van der Waals surface area contributed by atoms with E-state index in [0.29, 0.717) is 12.5 Å². The number of benzene rings is 2. The van der Waals surface area contributed by atoms with Crippen LogP contribution in [0.2, 0.25) is 0 Å². The number of nitrogens with zero attached hydrogens (tertiary/aromatic N) is 1. The Morgan fingerprint density at radius 1 is 0.933 bits per heavy atom. The second kappa shape index (κ2) is 10.5. The van der Waals surface area contributed by atoms with E-state index >= 15 is 0 Å². The van der Waals surface area contributed by atoms with E-state index < -0.39 is 12.1 Å². The Kier molecular flexibility index (Phi) is 7.99. The number of aryl methyl sites for hydroxylation is 1. The van der Waals surface area contributed by atoms with Gasteiger partial charge in [-0.2, -0.15) is 13.2 Å². The molecule has 3 unspecified atom stereocenters. The maximum Gasteiger partial charge on any atom is 0.391 e. The van der Waals surface area contributed by atoms with Gasteiger partial charge in [0.15, 0.2) is 0 Å². The van der Waals surface area contributed by atoms with Gasteiger partial charge in [-0.1, -0.05) is 61.5 Å². The van der Waals surface area contributed by atoms with Crippen molar-refractivity contribution < 1.29 is 13.2 Å². The zero-order valence-electron chi connectivity index (χ0n) is 18.2. The summed E-state index contributed by atoms with van der Waals surface area (Å²) in [6.07, 6.45) is 0.259. The second-order valence-corrected chi connectivity index (χ2v) is 8.74. The van der Waals surface area contributed by atoms with Crippen LogP contribution in [0.4, 0.5) is 13.2 Å². The fourth-order valence-corrected chi connectivity index (χ4v) is 4.70. The van der Waals surface area contributed by atoms with E-state index in [1.807, 2.05) is 0 Å². The van der Waals surface area contributed by atoms with Gasteiger partial charge in [0, 0.05) is 12.6 Å². The Balaban J connectivity index is 1.47. The highest BCUT2D eigenvalue weighted by Crippen LogP contribution is 2.45. The van der Waals surface area contributed by atoms with Crippen LogP contribution in [0.5, 0.6) is 0 Å². The first kappa shape index (κ1) is 22.9. The minimum absolute atomic E-state index is 0.0539. The molecule has 1 saturated carbocycles. The highest BCUT2D eigenvalue weighted by atomic mass is 19.4. The van der Waals surface area contributed by atoms with E-state index in [1.165, 1.54) is 11.1 Å². The van der Waals surface area contributed by atoms with Crippen LogP contribution in [0.25, 0.3) is 0 Å². The topological polar surface area (TPSA) is 3.24 Å². The van der Waals surface area contributed by atoms with Crippen LogP contribution < -0.4 is 0 Å². The van der Waals surface area contributed by atoms with Crippen molar-refractivity contribution in [1.82, 2.24) is 4.90 Å². The lowest BCUT2D eigenvalue weighted by Gasteiger charge is -2.28. The smallest absolute Gasteiger partial charge is 0.301 e. The van der Waals surface area contributed by atoms with E-state index in [4.69, 9.17) is 0 Å². The van der Waals surface area contributed by atoms with E-state index in [2.05, 4.69) is 73.3 Å². The molecule has 0 N–H and O–H groups in total. The van der Waals surface area contributed by atoms with Gasteiger partial charge >= 0.3 is 6.18 Å². The van der Waals surface area contributed by atoms with Gasteiger partial charge in [0.05, 0.1) is 5.92 Å². The highest BCUT2D eigenvalue weighted by molar-refractivity contribution is 5.26. The van der Waals surface area contributed by atoms with Crippen LogP contribution in [-0.2, 0) is 12.8 Å². The number of rotatable bonds is 9. The van der Waals surface area contributed by atoms with Gasteiger partial charge in [-0.25, -0.2) is 0 Å². The van der Waals surface area contributed by atoms with Gasteiger partial charge in [0.2, 0.25) is 0 Å². The van der Waals surface area contributed by atoms with Crippen LogP contribution >= 0.6 is 0 Å². The molecule has 0 heterocycles. The predicted octanol–water partition coefficient (Wildman–Crippen LogP) is 7.02. The first-order valence-electron chi connectivity index (χ1n) is 11.3. The monoisotopic (exact) mass is 417 g/mol. The predicted molar refractivity (Wildman–Crippen MR) is 118 cm³/mol. The molecule has 0 spiro atoms. The van der Waals surface area contributed by atoms with Gasteiger partial charge < -0.3 is 4.90 Å². The van der Waals surface area contributed by atoms with Gasteiger partial charge in [-0.3, -0.25) is 0 Å². The molecular weight excluding hydrogens is 383 g/mol.